The number of halogens is 1. The van der Waals surface area contributed by atoms with E-state index in [1.807, 2.05) is 0 Å². The van der Waals surface area contributed by atoms with Crippen LogP contribution in [0.2, 0.25) is 5.02 Å². The fraction of sp³-hybridized carbons (Fsp3) is 0.235. The van der Waals surface area contributed by atoms with Crippen LogP contribution in [0.15, 0.2) is 41.3 Å². The first kappa shape index (κ1) is 19.1. The number of carbonyl (C=O) groups is 1. The van der Waals surface area contributed by atoms with E-state index in [2.05, 4.69) is 8.75 Å². The van der Waals surface area contributed by atoms with Crippen molar-refractivity contribution in [2.75, 3.05) is 26.2 Å². The lowest BCUT2D eigenvalue weighted by atomic mass is 10.1. The predicted molar refractivity (Wildman–Crippen MR) is 105 cm³/mol. The summed E-state index contributed by atoms with van der Waals surface area (Å²) >= 11 is 6.87. The number of aromatic nitrogens is 2. The van der Waals surface area contributed by atoms with Crippen LogP contribution in [0.3, 0.4) is 0 Å². The van der Waals surface area contributed by atoms with Gasteiger partial charge >= 0.3 is 0 Å². The normalized spacial score (nSPS) is 15.8. The van der Waals surface area contributed by atoms with Crippen molar-refractivity contribution < 1.29 is 18.3 Å². The van der Waals surface area contributed by atoms with E-state index in [-0.39, 0.29) is 48.3 Å². The van der Waals surface area contributed by atoms with Gasteiger partial charge in [-0.1, -0.05) is 17.7 Å². The molecule has 1 amide bonds. The predicted octanol–water partition coefficient (Wildman–Crippen LogP) is 2.20. The Hall–Kier alpha value is -2.27. The van der Waals surface area contributed by atoms with Gasteiger partial charge in [-0.2, -0.15) is 13.1 Å². The fourth-order valence-corrected chi connectivity index (χ4v) is 5.46. The molecule has 0 aliphatic carbocycles. The molecular formula is C17H15ClN4O4S2. The molecule has 0 bridgehead atoms. The van der Waals surface area contributed by atoms with Gasteiger partial charge in [0, 0.05) is 31.2 Å². The fourth-order valence-electron chi connectivity index (χ4n) is 3.11. The van der Waals surface area contributed by atoms with E-state index in [4.69, 9.17) is 11.6 Å². The Morgan fingerprint density at radius 2 is 1.86 bits per heavy atom. The molecule has 0 radical (unpaired) electrons. The number of carbonyl (C=O) groups excluding carboxylic acids is 1. The molecule has 2 aromatic carbocycles. The minimum atomic E-state index is -3.76. The van der Waals surface area contributed by atoms with E-state index in [1.54, 1.807) is 12.1 Å². The van der Waals surface area contributed by atoms with Crippen molar-refractivity contribution in [2.24, 2.45) is 0 Å². The number of piperazine rings is 1. The number of hydrogen-bond donors (Lipinski definition) is 1. The maximum Gasteiger partial charge on any atom is 0.257 e. The van der Waals surface area contributed by atoms with Crippen LogP contribution < -0.4 is 0 Å². The third-order valence-electron chi connectivity index (χ3n) is 4.58. The highest BCUT2D eigenvalue weighted by molar-refractivity contribution is 7.89. The van der Waals surface area contributed by atoms with E-state index < -0.39 is 10.0 Å². The van der Waals surface area contributed by atoms with Crippen LogP contribution in [0, 0.1) is 0 Å². The quantitative estimate of drug-likeness (QED) is 0.672. The van der Waals surface area contributed by atoms with Crippen molar-refractivity contribution in [1.29, 1.82) is 0 Å². The second-order valence-electron chi connectivity index (χ2n) is 6.25. The molecule has 1 aromatic heterocycles. The Balaban J connectivity index is 1.53. The first-order chi connectivity index (χ1) is 13.4. The van der Waals surface area contributed by atoms with Crippen LogP contribution in [-0.4, -0.2) is 63.6 Å². The SMILES string of the molecule is O=C(c1cc(Cl)ccc1O)N1CCN(S(=O)(=O)c2cccc3nsnc23)CC1. The molecule has 0 saturated carbocycles. The maximum atomic E-state index is 13.0. The van der Waals surface area contributed by atoms with Gasteiger partial charge in [-0.25, -0.2) is 8.42 Å². The van der Waals surface area contributed by atoms with Gasteiger partial charge in [-0.15, -0.1) is 0 Å². The standard InChI is InChI=1S/C17H15ClN4O4S2/c18-11-4-5-14(23)12(10-11)17(24)21-6-8-22(9-7-21)28(25,26)15-3-1-2-13-16(15)20-27-19-13/h1-5,10,23H,6-9H2. The molecule has 0 atom stereocenters. The van der Waals surface area contributed by atoms with Crippen molar-refractivity contribution in [1.82, 2.24) is 18.0 Å². The van der Waals surface area contributed by atoms with Crippen molar-refractivity contribution in [3.8, 4) is 5.75 Å². The van der Waals surface area contributed by atoms with Crippen LogP contribution >= 0.6 is 23.3 Å². The lowest BCUT2D eigenvalue weighted by Gasteiger charge is -2.34. The highest BCUT2D eigenvalue weighted by Gasteiger charge is 2.32. The molecule has 8 nitrogen and oxygen atoms in total. The summed E-state index contributed by atoms with van der Waals surface area (Å²) in [6, 6.07) is 9.12. The molecule has 1 aliphatic heterocycles. The largest absolute Gasteiger partial charge is 0.507 e. The summed E-state index contributed by atoms with van der Waals surface area (Å²) in [5.74, 6) is -0.546. The summed E-state index contributed by atoms with van der Waals surface area (Å²) in [7, 11) is -3.76. The average molecular weight is 439 g/mol. The number of hydrogen-bond acceptors (Lipinski definition) is 7. The molecule has 1 N–H and O–H groups in total. The van der Waals surface area contributed by atoms with Crippen LogP contribution in [0.5, 0.6) is 5.75 Å². The summed E-state index contributed by atoms with van der Waals surface area (Å²) in [6.45, 7) is 0.692. The van der Waals surface area contributed by atoms with Crippen LogP contribution in [-0.2, 0) is 10.0 Å². The molecule has 0 unspecified atom stereocenters. The molecule has 1 fully saturated rings. The molecule has 4 rings (SSSR count). The second-order valence-corrected chi connectivity index (χ2v) is 9.12. The lowest BCUT2D eigenvalue weighted by Crippen LogP contribution is -2.50. The van der Waals surface area contributed by atoms with E-state index in [9.17, 15) is 18.3 Å². The Bertz CT molecular complexity index is 1160. The molecule has 3 aromatic rings. The van der Waals surface area contributed by atoms with Gasteiger partial charge in [0.1, 0.15) is 21.7 Å². The molecule has 28 heavy (non-hydrogen) atoms. The van der Waals surface area contributed by atoms with Crippen LogP contribution in [0.25, 0.3) is 11.0 Å². The maximum absolute atomic E-state index is 13.0. The van der Waals surface area contributed by atoms with Crippen molar-refractivity contribution in [3.05, 3.63) is 47.0 Å². The van der Waals surface area contributed by atoms with Crippen molar-refractivity contribution >= 4 is 50.3 Å². The number of amides is 1. The summed E-state index contributed by atoms with van der Waals surface area (Å²) < 4.78 is 35.6. The summed E-state index contributed by atoms with van der Waals surface area (Å²) in [5.41, 5.74) is 0.994. The number of sulfonamides is 1. The van der Waals surface area contributed by atoms with E-state index >= 15 is 0 Å². The molecule has 1 aliphatic rings. The minimum Gasteiger partial charge on any atom is -0.507 e. The van der Waals surface area contributed by atoms with Gasteiger partial charge in [0.25, 0.3) is 5.91 Å². The van der Waals surface area contributed by atoms with Gasteiger partial charge in [0.15, 0.2) is 0 Å². The highest BCUT2D eigenvalue weighted by Crippen LogP contribution is 2.27. The van der Waals surface area contributed by atoms with Gasteiger partial charge in [0.2, 0.25) is 10.0 Å². The smallest absolute Gasteiger partial charge is 0.257 e. The summed E-state index contributed by atoms with van der Waals surface area (Å²) in [5, 5.41) is 10.3. The zero-order chi connectivity index (χ0) is 19.9. The Morgan fingerprint density at radius 3 is 2.61 bits per heavy atom. The molecule has 2 heterocycles. The number of nitrogens with zero attached hydrogens (tertiary/aromatic N) is 4. The van der Waals surface area contributed by atoms with Crippen LogP contribution in [0.1, 0.15) is 10.4 Å². The average Bonchev–Trinajstić information content (AvgIpc) is 3.18. The third kappa shape index (κ3) is 3.32. The zero-order valence-corrected chi connectivity index (χ0v) is 16.8. The van der Waals surface area contributed by atoms with Gasteiger partial charge in [-0.05, 0) is 30.3 Å². The number of rotatable bonds is 3. The van der Waals surface area contributed by atoms with Gasteiger partial charge in [0.05, 0.1) is 17.3 Å². The first-order valence-electron chi connectivity index (χ1n) is 8.37. The number of fused-ring (bicyclic) bond motifs is 1. The molecule has 11 heteroatoms. The first-order valence-corrected chi connectivity index (χ1v) is 10.9. The van der Waals surface area contributed by atoms with Crippen molar-refractivity contribution in [3.63, 3.8) is 0 Å². The van der Waals surface area contributed by atoms with E-state index in [1.165, 1.54) is 33.5 Å². The number of phenols is 1. The third-order valence-corrected chi connectivity index (χ3v) is 7.29. The van der Waals surface area contributed by atoms with Crippen molar-refractivity contribution in [2.45, 2.75) is 4.90 Å². The Kier molecular flexibility index (Phi) is 4.96. The number of benzene rings is 2. The second kappa shape index (κ2) is 7.28. The van der Waals surface area contributed by atoms with E-state index in [0.717, 1.165) is 11.7 Å². The number of aromatic hydroxyl groups is 1. The van der Waals surface area contributed by atoms with Crippen LogP contribution in [0.4, 0.5) is 0 Å². The minimum absolute atomic E-state index is 0.0992. The lowest BCUT2D eigenvalue weighted by molar-refractivity contribution is 0.0695. The van der Waals surface area contributed by atoms with Gasteiger partial charge in [-0.3, -0.25) is 4.79 Å². The zero-order valence-electron chi connectivity index (χ0n) is 14.4. The summed E-state index contributed by atoms with van der Waals surface area (Å²) in [4.78, 5) is 14.3. The highest BCUT2D eigenvalue weighted by atomic mass is 35.5. The molecule has 0 spiro atoms. The molecular weight excluding hydrogens is 424 g/mol. The Labute approximate surface area is 170 Å². The van der Waals surface area contributed by atoms with Gasteiger partial charge < -0.3 is 10.0 Å². The molecule has 1 saturated heterocycles. The summed E-state index contributed by atoms with van der Waals surface area (Å²) in [6.07, 6.45) is 0. The Morgan fingerprint density at radius 1 is 1.11 bits per heavy atom. The van der Waals surface area contributed by atoms with E-state index in [0.29, 0.717) is 16.1 Å². The number of phenolic OH excluding ortho intramolecular Hbond substituents is 1. The molecule has 146 valence electrons. The monoisotopic (exact) mass is 438 g/mol. The topological polar surface area (TPSA) is 104 Å².